The minimum atomic E-state index is 0.0612. The molecule has 0 aliphatic heterocycles. The van der Waals surface area contributed by atoms with Gasteiger partial charge in [0, 0.05) is 27.6 Å². The lowest BCUT2D eigenvalue weighted by molar-refractivity contribution is 0.939. The van der Waals surface area contributed by atoms with Crippen molar-refractivity contribution in [3.63, 3.8) is 0 Å². The van der Waals surface area contributed by atoms with Crippen molar-refractivity contribution in [3.05, 3.63) is 49.6 Å². The first-order valence-electron chi connectivity index (χ1n) is 5.56. The smallest absolute Gasteiger partial charge is 0.123 e. The fourth-order valence-corrected chi connectivity index (χ4v) is 3.44. The van der Waals surface area contributed by atoms with Crippen LogP contribution >= 0.6 is 38.9 Å². The van der Waals surface area contributed by atoms with Crippen LogP contribution in [-0.4, -0.2) is 12.9 Å². The molecule has 0 fully saturated rings. The number of anilines is 1. The molecule has 0 radical (unpaired) electrons. The van der Waals surface area contributed by atoms with Crippen molar-refractivity contribution in [2.75, 3.05) is 11.9 Å². The summed E-state index contributed by atoms with van der Waals surface area (Å²) in [5.74, 6) is 0.0612. The van der Waals surface area contributed by atoms with Gasteiger partial charge in [-0.1, -0.05) is 11.6 Å². The quantitative estimate of drug-likeness (QED) is 0.639. The summed E-state index contributed by atoms with van der Waals surface area (Å²) < 4.78 is 1.63. The number of nitrogens with two attached hydrogens (primary N) is 1. The van der Waals surface area contributed by atoms with Crippen molar-refractivity contribution in [1.82, 2.24) is 0 Å². The van der Waals surface area contributed by atoms with Gasteiger partial charge in [0.05, 0.1) is 10.9 Å². The minimum Gasteiger partial charge on any atom is -0.384 e. The van der Waals surface area contributed by atoms with Crippen LogP contribution in [-0.2, 0) is 6.54 Å². The molecule has 0 saturated carbocycles. The fourth-order valence-electron chi connectivity index (χ4n) is 1.72. The van der Waals surface area contributed by atoms with E-state index in [1.807, 2.05) is 37.4 Å². The topological polar surface area (TPSA) is 53.1 Å². The van der Waals surface area contributed by atoms with Crippen molar-refractivity contribution in [3.8, 4) is 0 Å². The first-order valence-corrected chi connectivity index (χ1v) is 7.55. The standard InChI is InChI=1S/C13H13BrClN3S/c1-18(7-9-3-5-12(15)19-9)8-2-4-10(13(16)17)11(14)6-8/h2-6H,7H2,1H3,(H3,16,17). The highest BCUT2D eigenvalue weighted by Gasteiger charge is 2.08. The molecular formula is C13H13BrClN3S. The molecule has 0 aliphatic rings. The second-order valence-electron chi connectivity index (χ2n) is 4.14. The monoisotopic (exact) mass is 357 g/mol. The molecule has 0 spiro atoms. The minimum absolute atomic E-state index is 0.0612. The fraction of sp³-hybridized carbons (Fsp3) is 0.154. The highest BCUT2D eigenvalue weighted by atomic mass is 79.9. The number of rotatable bonds is 4. The molecule has 2 rings (SSSR count). The van der Waals surface area contributed by atoms with E-state index >= 15 is 0 Å². The molecule has 1 aromatic carbocycles. The van der Waals surface area contributed by atoms with Gasteiger partial charge in [0.15, 0.2) is 0 Å². The Hall–Kier alpha value is -1.04. The number of nitrogen functional groups attached to an aromatic ring is 1. The van der Waals surface area contributed by atoms with Crippen LogP contribution in [0.3, 0.4) is 0 Å². The maximum atomic E-state index is 7.46. The molecule has 3 N–H and O–H groups in total. The molecule has 1 heterocycles. The van der Waals surface area contributed by atoms with E-state index in [1.54, 1.807) is 11.3 Å². The third kappa shape index (κ3) is 3.49. The van der Waals surface area contributed by atoms with Crippen LogP contribution < -0.4 is 10.6 Å². The highest BCUT2D eigenvalue weighted by molar-refractivity contribution is 9.10. The number of thiophene rings is 1. The van der Waals surface area contributed by atoms with Crippen LogP contribution in [0.25, 0.3) is 0 Å². The number of nitrogens with one attached hydrogen (secondary N) is 1. The second kappa shape index (κ2) is 5.94. The molecule has 6 heteroatoms. The molecule has 3 nitrogen and oxygen atoms in total. The number of benzene rings is 1. The number of halogens is 2. The van der Waals surface area contributed by atoms with E-state index < -0.39 is 0 Å². The van der Waals surface area contributed by atoms with Crippen LogP contribution in [0.4, 0.5) is 5.69 Å². The second-order valence-corrected chi connectivity index (χ2v) is 6.79. The Morgan fingerprint density at radius 2 is 2.16 bits per heavy atom. The summed E-state index contributed by atoms with van der Waals surface area (Å²) in [7, 11) is 2.02. The zero-order chi connectivity index (χ0) is 14.0. The summed E-state index contributed by atoms with van der Waals surface area (Å²) in [6, 6.07) is 9.70. The molecule has 0 aliphatic carbocycles. The summed E-state index contributed by atoms with van der Waals surface area (Å²) in [5.41, 5.74) is 7.26. The third-order valence-electron chi connectivity index (χ3n) is 2.71. The third-order valence-corrected chi connectivity index (χ3v) is 4.58. The molecule has 0 amide bonds. The van der Waals surface area contributed by atoms with Crippen molar-refractivity contribution < 1.29 is 0 Å². The van der Waals surface area contributed by atoms with Gasteiger partial charge in [-0.3, -0.25) is 5.41 Å². The van der Waals surface area contributed by atoms with Gasteiger partial charge < -0.3 is 10.6 Å². The summed E-state index contributed by atoms with van der Waals surface area (Å²) in [5, 5.41) is 7.46. The Morgan fingerprint density at radius 3 is 2.68 bits per heavy atom. The Morgan fingerprint density at radius 1 is 1.42 bits per heavy atom. The van der Waals surface area contributed by atoms with E-state index in [9.17, 15) is 0 Å². The van der Waals surface area contributed by atoms with Crippen LogP contribution in [0.2, 0.25) is 4.34 Å². The van der Waals surface area contributed by atoms with Gasteiger partial charge in [0.25, 0.3) is 0 Å². The lowest BCUT2D eigenvalue weighted by Crippen LogP contribution is -2.17. The van der Waals surface area contributed by atoms with Gasteiger partial charge in [0.1, 0.15) is 5.84 Å². The molecule has 0 unspecified atom stereocenters. The summed E-state index contributed by atoms with van der Waals surface area (Å²) >= 11 is 10.9. The summed E-state index contributed by atoms with van der Waals surface area (Å²) in [4.78, 5) is 3.33. The van der Waals surface area contributed by atoms with E-state index in [-0.39, 0.29) is 5.84 Å². The molecular weight excluding hydrogens is 346 g/mol. The summed E-state index contributed by atoms with van der Waals surface area (Å²) in [6.45, 7) is 0.795. The largest absolute Gasteiger partial charge is 0.384 e. The highest BCUT2D eigenvalue weighted by Crippen LogP contribution is 2.27. The first kappa shape index (κ1) is 14.4. The first-order chi connectivity index (χ1) is 8.97. The van der Waals surface area contributed by atoms with Crippen LogP contribution in [0, 0.1) is 5.41 Å². The Kier molecular flexibility index (Phi) is 4.50. The average molecular weight is 359 g/mol. The zero-order valence-corrected chi connectivity index (χ0v) is 13.4. The lowest BCUT2D eigenvalue weighted by Gasteiger charge is -2.19. The molecule has 0 atom stereocenters. The normalized spacial score (nSPS) is 10.5. The van der Waals surface area contributed by atoms with Crippen molar-refractivity contribution in [2.24, 2.45) is 5.73 Å². The van der Waals surface area contributed by atoms with Gasteiger partial charge in [-0.2, -0.15) is 0 Å². The molecule has 2 aromatic rings. The molecule has 19 heavy (non-hydrogen) atoms. The molecule has 0 saturated heterocycles. The lowest BCUT2D eigenvalue weighted by atomic mass is 10.2. The van der Waals surface area contributed by atoms with Crippen LogP contribution in [0.5, 0.6) is 0 Å². The predicted octanol–water partition coefficient (Wildman–Crippen LogP) is 4.08. The van der Waals surface area contributed by atoms with Crippen LogP contribution in [0.15, 0.2) is 34.8 Å². The van der Waals surface area contributed by atoms with Gasteiger partial charge in [0.2, 0.25) is 0 Å². The van der Waals surface area contributed by atoms with Gasteiger partial charge in [-0.25, -0.2) is 0 Å². The predicted molar refractivity (Wildman–Crippen MR) is 86.6 cm³/mol. The van der Waals surface area contributed by atoms with E-state index in [1.165, 1.54) is 4.88 Å². The van der Waals surface area contributed by atoms with Crippen LogP contribution in [0.1, 0.15) is 10.4 Å². The van der Waals surface area contributed by atoms with E-state index in [2.05, 4.69) is 20.8 Å². The van der Waals surface area contributed by atoms with Gasteiger partial charge in [-0.15, -0.1) is 11.3 Å². The molecule has 100 valence electrons. The van der Waals surface area contributed by atoms with E-state index in [0.717, 1.165) is 21.0 Å². The number of nitrogens with zero attached hydrogens (tertiary/aromatic N) is 1. The molecule has 0 bridgehead atoms. The van der Waals surface area contributed by atoms with Gasteiger partial charge in [-0.05, 0) is 46.3 Å². The van der Waals surface area contributed by atoms with Crippen molar-refractivity contribution >= 4 is 50.4 Å². The number of hydrogen-bond acceptors (Lipinski definition) is 3. The maximum absolute atomic E-state index is 7.46. The number of amidine groups is 1. The molecule has 1 aromatic heterocycles. The van der Waals surface area contributed by atoms with Crippen molar-refractivity contribution in [2.45, 2.75) is 6.54 Å². The average Bonchev–Trinajstić information content (AvgIpc) is 2.74. The Bertz CT molecular complexity index is 612. The Labute approximate surface area is 129 Å². The van der Waals surface area contributed by atoms with Gasteiger partial charge >= 0.3 is 0 Å². The van der Waals surface area contributed by atoms with E-state index in [4.69, 9.17) is 22.7 Å². The number of hydrogen-bond donors (Lipinski definition) is 2. The van der Waals surface area contributed by atoms with E-state index in [0.29, 0.717) is 5.56 Å². The maximum Gasteiger partial charge on any atom is 0.123 e. The zero-order valence-electron chi connectivity index (χ0n) is 10.3. The van der Waals surface area contributed by atoms with Crippen molar-refractivity contribution in [1.29, 1.82) is 5.41 Å². The SMILES string of the molecule is CN(Cc1ccc(Cl)s1)c1ccc(C(=N)N)c(Br)c1. The Balaban J connectivity index is 2.17. The summed E-state index contributed by atoms with van der Waals surface area (Å²) in [6.07, 6.45) is 0.